The summed E-state index contributed by atoms with van der Waals surface area (Å²) in [6.07, 6.45) is 1.94. The molecular weight excluding hydrogens is 214 g/mol. The number of rotatable bonds is 5. The molecule has 0 aliphatic rings. The van der Waals surface area contributed by atoms with Gasteiger partial charge in [0.15, 0.2) is 0 Å². The minimum Gasteiger partial charge on any atom is -0.492 e. The van der Waals surface area contributed by atoms with Crippen LogP contribution in [0.1, 0.15) is 18.9 Å². The molecule has 0 unspecified atom stereocenters. The minimum absolute atomic E-state index is 0.213. The zero-order valence-corrected chi connectivity index (χ0v) is 9.25. The Hall–Kier alpha value is -1.22. The number of hydrogen-bond donors (Lipinski definition) is 1. The first-order chi connectivity index (χ1) is 7.13. The number of ether oxygens (including phenoxy) is 1. The van der Waals surface area contributed by atoms with Crippen LogP contribution in [-0.2, 0) is 4.79 Å². The number of hydrogen-bond acceptors (Lipinski definition) is 2. The van der Waals surface area contributed by atoms with Crippen LogP contribution < -0.4 is 10.5 Å². The molecule has 0 saturated carbocycles. The van der Waals surface area contributed by atoms with Gasteiger partial charge in [-0.2, -0.15) is 0 Å². The minimum atomic E-state index is -0.361. The van der Waals surface area contributed by atoms with Crippen molar-refractivity contribution in [3.8, 4) is 5.75 Å². The smallest absolute Gasteiger partial charge is 0.218 e. The van der Waals surface area contributed by atoms with Crippen molar-refractivity contribution in [3.05, 3.63) is 35.2 Å². The zero-order valence-electron chi connectivity index (χ0n) is 8.50. The number of primary amides is 1. The highest BCUT2D eigenvalue weighted by atomic mass is 35.5. The van der Waals surface area contributed by atoms with E-state index in [0.29, 0.717) is 17.4 Å². The molecule has 0 aliphatic carbocycles. The molecule has 0 atom stereocenters. The van der Waals surface area contributed by atoms with Crippen molar-refractivity contribution in [1.29, 1.82) is 0 Å². The molecule has 0 spiro atoms. The van der Waals surface area contributed by atoms with Gasteiger partial charge in [-0.1, -0.05) is 17.7 Å². The van der Waals surface area contributed by atoms with Crippen molar-refractivity contribution in [1.82, 2.24) is 0 Å². The van der Waals surface area contributed by atoms with Crippen LogP contribution in [0.25, 0.3) is 0 Å². The molecule has 1 radical (unpaired) electrons. The number of carbonyl (C=O) groups excluding carboxylic acids is 1. The zero-order chi connectivity index (χ0) is 11.3. The van der Waals surface area contributed by atoms with Crippen LogP contribution in [0.4, 0.5) is 0 Å². The third-order valence-electron chi connectivity index (χ3n) is 1.79. The van der Waals surface area contributed by atoms with E-state index in [0.717, 1.165) is 5.56 Å². The van der Waals surface area contributed by atoms with Crippen molar-refractivity contribution in [2.24, 2.45) is 5.73 Å². The quantitative estimate of drug-likeness (QED) is 0.837. The van der Waals surface area contributed by atoms with E-state index < -0.39 is 0 Å². The van der Waals surface area contributed by atoms with Crippen LogP contribution in [0.5, 0.6) is 5.75 Å². The summed E-state index contributed by atoms with van der Waals surface area (Å²) in [4.78, 5) is 10.6. The average molecular weight is 227 g/mol. The van der Waals surface area contributed by atoms with Gasteiger partial charge in [-0.15, -0.1) is 0 Å². The van der Waals surface area contributed by atoms with Gasteiger partial charge >= 0.3 is 0 Å². The van der Waals surface area contributed by atoms with Crippen LogP contribution in [0.2, 0.25) is 5.02 Å². The molecule has 1 rings (SSSR count). The molecule has 4 heteroatoms. The lowest BCUT2D eigenvalue weighted by molar-refractivity contribution is -0.117. The van der Waals surface area contributed by atoms with Crippen LogP contribution in [0.15, 0.2) is 18.2 Å². The standard InChI is InChI=1S/C11H13ClNO2/c1-2-15-10-5-3-8(7-9(10)12)4-6-11(13)14/h3-5,7H,2,6H2,1H3,(H2,13,14). The topological polar surface area (TPSA) is 52.3 Å². The Morgan fingerprint density at radius 2 is 2.33 bits per heavy atom. The van der Waals surface area contributed by atoms with E-state index in [4.69, 9.17) is 22.1 Å². The number of carbonyl (C=O) groups is 1. The lowest BCUT2D eigenvalue weighted by Crippen LogP contribution is -2.10. The van der Waals surface area contributed by atoms with E-state index in [1.807, 2.05) is 13.0 Å². The van der Waals surface area contributed by atoms with Crippen molar-refractivity contribution < 1.29 is 9.53 Å². The van der Waals surface area contributed by atoms with E-state index in [-0.39, 0.29) is 12.3 Å². The Bertz CT molecular complexity index is 352. The van der Waals surface area contributed by atoms with Crippen molar-refractivity contribution in [2.45, 2.75) is 13.3 Å². The molecule has 1 aromatic rings. The molecule has 0 aromatic heterocycles. The summed E-state index contributed by atoms with van der Waals surface area (Å²) in [6.45, 7) is 2.47. The summed E-state index contributed by atoms with van der Waals surface area (Å²) >= 11 is 5.96. The van der Waals surface area contributed by atoms with E-state index in [2.05, 4.69) is 0 Å². The predicted octanol–water partition coefficient (Wildman–Crippen LogP) is 2.17. The van der Waals surface area contributed by atoms with Crippen LogP contribution in [0, 0.1) is 6.42 Å². The molecule has 0 saturated heterocycles. The fraction of sp³-hybridized carbons (Fsp3) is 0.273. The molecule has 15 heavy (non-hydrogen) atoms. The van der Waals surface area contributed by atoms with Crippen LogP contribution in [-0.4, -0.2) is 12.5 Å². The lowest BCUT2D eigenvalue weighted by atomic mass is 10.1. The fourth-order valence-electron chi connectivity index (χ4n) is 1.14. The van der Waals surface area contributed by atoms with E-state index in [1.165, 1.54) is 0 Å². The van der Waals surface area contributed by atoms with Gasteiger partial charge in [0.2, 0.25) is 5.91 Å². The highest BCUT2D eigenvalue weighted by molar-refractivity contribution is 6.32. The van der Waals surface area contributed by atoms with Gasteiger partial charge in [-0.25, -0.2) is 0 Å². The maximum absolute atomic E-state index is 10.6. The monoisotopic (exact) mass is 226 g/mol. The second kappa shape index (κ2) is 5.61. The molecule has 3 nitrogen and oxygen atoms in total. The summed E-state index contributed by atoms with van der Waals surface area (Å²) < 4.78 is 5.28. The van der Waals surface area contributed by atoms with Crippen molar-refractivity contribution in [3.63, 3.8) is 0 Å². The fourth-order valence-corrected chi connectivity index (χ4v) is 1.38. The summed E-state index contributed by atoms with van der Waals surface area (Å²) in [6, 6.07) is 5.36. The van der Waals surface area contributed by atoms with Crippen molar-refractivity contribution in [2.75, 3.05) is 6.61 Å². The Morgan fingerprint density at radius 3 is 2.87 bits per heavy atom. The Labute approximate surface area is 94.2 Å². The molecule has 0 heterocycles. The predicted molar refractivity (Wildman–Crippen MR) is 59.8 cm³/mol. The second-order valence-electron chi connectivity index (χ2n) is 3.00. The lowest BCUT2D eigenvalue weighted by Gasteiger charge is -2.06. The van der Waals surface area contributed by atoms with E-state index in [9.17, 15) is 4.79 Å². The molecule has 1 aromatic carbocycles. The number of nitrogens with two attached hydrogens (primary N) is 1. The summed E-state index contributed by atoms with van der Waals surface area (Å²) in [7, 11) is 0. The Balaban J connectivity index is 2.68. The van der Waals surface area contributed by atoms with Gasteiger partial charge in [-0.3, -0.25) is 4.79 Å². The average Bonchev–Trinajstić information content (AvgIpc) is 2.19. The van der Waals surface area contributed by atoms with Crippen molar-refractivity contribution >= 4 is 17.5 Å². The summed E-state index contributed by atoms with van der Waals surface area (Å²) in [5, 5.41) is 0.537. The number of benzene rings is 1. The first kappa shape index (κ1) is 11.9. The molecule has 0 fully saturated rings. The van der Waals surface area contributed by atoms with E-state index >= 15 is 0 Å². The highest BCUT2D eigenvalue weighted by Gasteiger charge is 2.03. The SMILES string of the molecule is CCOc1ccc([CH]CC(N)=O)cc1Cl. The second-order valence-corrected chi connectivity index (χ2v) is 3.40. The van der Waals surface area contributed by atoms with Gasteiger partial charge in [0, 0.05) is 12.8 Å². The molecule has 0 bridgehead atoms. The molecule has 81 valence electrons. The van der Waals surface area contributed by atoms with Gasteiger partial charge in [0.25, 0.3) is 0 Å². The largest absolute Gasteiger partial charge is 0.492 e. The molecule has 0 aliphatic heterocycles. The third-order valence-corrected chi connectivity index (χ3v) is 2.09. The molecule has 1 amide bonds. The summed E-state index contributed by atoms with van der Waals surface area (Å²) in [5.41, 5.74) is 5.89. The number of halogens is 1. The van der Waals surface area contributed by atoms with E-state index in [1.54, 1.807) is 18.6 Å². The maximum Gasteiger partial charge on any atom is 0.218 e. The first-order valence-electron chi connectivity index (χ1n) is 4.67. The maximum atomic E-state index is 10.6. The molecule has 2 N–H and O–H groups in total. The Morgan fingerprint density at radius 1 is 1.60 bits per heavy atom. The van der Waals surface area contributed by atoms with Gasteiger partial charge < -0.3 is 10.5 Å². The third kappa shape index (κ3) is 3.80. The van der Waals surface area contributed by atoms with Gasteiger partial charge in [-0.05, 0) is 24.6 Å². The van der Waals surface area contributed by atoms with Gasteiger partial charge in [0.05, 0.1) is 11.6 Å². The highest BCUT2D eigenvalue weighted by Crippen LogP contribution is 2.26. The normalized spacial score (nSPS) is 10.0. The number of amides is 1. The van der Waals surface area contributed by atoms with Crippen LogP contribution in [0.3, 0.4) is 0 Å². The Kier molecular flexibility index (Phi) is 4.43. The first-order valence-corrected chi connectivity index (χ1v) is 5.05. The van der Waals surface area contributed by atoms with Crippen LogP contribution >= 0.6 is 11.6 Å². The summed E-state index contributed by atoms with van der Waals surface area (Å²) in [5.74, 6) is 0.287. The molecular formula is C11H13ClNO2. The van der Waals surface area contributed by atoms with Gasteiger partial charge in [0.1, 0.15) is 5.75 Å².